The Labute approximate surface area is 100 Å². The van der Waals surface area contributed by atoms with Gasteiger partial charge in [-0.3, -0.25) is 4.79 Å². The van der Waals surface area contributed by atoms with Gasteiger partial charge in [-0.2, -0.15) is 0 Å². The van der Waals surface area contributed by atoms with E-state index in [0.717, 1.165) is 24.3 Å². The second-order valence-electron chi connectivity index (χ2n) is 4.84. The second-order valence-corrected chi connectivity index (χ2v) is 5.78. The first-order valence-corrected chi connectivity index (χ1v) is 6.52. The van der Waals surface area contributed by atoms with Gasteiger partial charge < -0.3 is 10.6 Å². The molecule has 2 N–H and O–H groups in total. The molecule has 16 heavy (non-hydrogen) atoms. The molecule has 0 bridgehead atoms. The summed E-state index contributed by atoms with van der Waals surface area (Å²) in [7, 11) is 0. The highest BCUT2D eigenvalue weighted by Crippen LogP contribution is 2.28. The normalized spacial score (nSPS) is 24.4. The van der Waals surface area contributed by atoms with Crippen molar-refractivity contribution in [2.75, 3.05) is 6.54 Å². The molecule has 1 saturated heterocycles. The zero-order chi connectivity index (χ0) is 11.8. The zero-order valence-corrected chi connectivity index (χ0v) is 10.6. The number of rotatable bonds is 1. The minimum Gasteiger partial charge on any atom is -0.331 e. The maximum absolute atomic E-state index is 12.3. The van der Waals surface area contributed by atoms with Crippen LogP contribution >= 0.6 is 11.3 Å². The summed E-state index contributed by atoms with van der Waals surface area (Å²) in [4.78, 5) is 15.0. The topological polar surface area (TPSA) is 46.3 Å². The lowest BCUT2D eigenvalue weighted by molar-refractivity contribution is 0.0367. The van der Waals surface area contributed by atoms with Crippen LogP contribution in [0.4, 0.5) is 0 Å². The molecule has 0 radical (unpaired) electrons. The van der Waals surface area contributed by atoms with E-state index in [4.69, 9.17) is 5.73 Å². The molecule has 0 aromatic carbocycles. The maximum Gasteiger partial charge on any atom is 0.264 e. The Morgan fingerprint density at radius 1 is 1.62 bits per heavy atom. The van der Waals surface area contributed by atoms with E-state index in [1.165, 1.54) is 11.3 Å². The molecule has 0 spiro atoms. The summed E-state index contributed by atoms with van der Waals surface area (Å²) in [5.74, 6) is 0.121. The molecule has 2 heterocycles. The number of carbonyl (C=O) groups excluding carboxylic acids is 1. The number of carbonyl (C=O) groups is 1. The van der Waals surface area contributed by atoms with Crippen molar-refractivity contribution in [1.29, 1.82) is 0 Å². The van der Waals surface area contributed by atoms with Crippen molar-refractivity contribution in [3.05, 3.63) is 22.4 Å². The van der Waals surface area contributed by atoms with Gasteiger partial charge in [0.05, 0.1) is 10.4 Å². The van der Waals surface area contributed by atoms with Crippen LogP contribution in [0.5, 0.6) is 0 Å². The Morgan fingerprint density at radius 2 is 2.38 bits per heavy atom. The van der Waals surface area contributed by atoms with Gasteiger partial charge in [-0.1, -0.05) is 6.07 Å². The molecule has 1 atom stereocenters. The number of hydrogen-bond donors (Lipinski definition) is 1. The van der Waals surface area contributed by atoms with Crippen LogP contribution in [0.2, 0.25) is 0 Å². The van der Waals surface area contributed by atoms with Crippen LogP contribution in [-0.4, -0.2) is 28.9 Å². The molecule has 1 aliphatic heterocycles. The Kier molecular flexibility index (Phi) is 3.04. The Bertz CT molecular complexity index is 372. The summed E-state index contributed by atoms with van der Waals surface area (Å²) in [6.45, 7) is 4.93. The van der Waals surface area contributed by atoms with Crippen LogP contribution in [0.3, 0.4) is 0 Å². The monoisotopic (exact) mass is 238 g/mol. The lowest BCUT2D eigenvalue weighted by atomic mass is 9.85. The molecule has 1 amide bonds. The molecule has 1 aliphatic rings. The SMILES string of the molecule is CC1(C)C(N)CCCN1C(=O)c1cccs1. The van der Waals surface area contributed by atoms with E-state index in [9.17, 15) is 4.79 Å². The average molecular weight is 238 g/mol. The van der Waals surface area contributed by atoms with Gasteiger partial charge in [-0.05, 0) is 38.1 Å². The van der Waals surface area contributed by atoms with Crippen molar-refractivity contribution >= 4 is 17.2 Å². The van der Waals surface area contributed by atoms with Crippen molar-refractivity contribution in [1.82, 2.24) is 4.90 Å². The summed E-state index contributed by atoms with van der Waals surface area (Å²) >= 11 is 1.49. The van der Waals surface area contributed by atoms with E-state index in [0.29, 0.717) is 0 Å². The lowest BCUT2D eigenvalue weighted by Crippen LogP contribution is -2.61. The number of amides is 1. The van der Waals surface area contributed by atoms with Crippen LogP contribution in [0.15, 0.2) is 17.5 Å². The molecule has 3 nitrogen and oxygen atoms in total. The first kappa shape index (κ1) is 11.6. The van der Waals surface area contributed by atoms with E-state index in [1.54, 1.807) is 0 Å². The third-order valence-electron chi connectivity index (χ3n) is 3.48. The fourth-order valence-electron chi connectivity index (χ4n) is 2.21. The van der Waals surface area contributed by atoms with Crippen molar-refractivity contribution in [2.45, 2.75) is 38.3 Å². The Balaban J connectivity index is 2.23. The van der Waals surface area contributed by atoms with E-state index in [-0.39, 0.29) is 17.5 Å². The van der Waals surface area contributed by atoms with Gasteiger partial charge in [0.15, 0.2) is 0 Å². The molecule has 2 rings (SSSR count). The van der Waals surface area contributed by atoms with Crippen LogP contribution in [0, 0.1) is 0 Å². The molecule has 1 fully saturated rings. The summed E-state index contributed by atoms with van der Waals surface area (Å²) in [6.07, 6.45) is 2.00. The van der Waals surface area contributed by atoms with E-state index in [1.807, 2.05) is 22.4 Å². The fraction of sp³-hybridized carbons (Fsp3) is 0.583. The predicted molar refractivity (Wildman–Crippen MR) is 66.6 cm³/mol. The third-order valence-corrected chi connectivity index (χ3v) is 4.33. The molecular weight excluding hydrogens is 220 g/mol. The molecule has 0 aliphatic carbocycles. The van der Waals surface area contributed by atoms with Crippen molar-refractivity contribution in [3.63, 3.8) is 0 Å². The summed E-state index contributed by atoms with van der Waals surface area (Å²) < 4.78 is 0. The Morgan fingerprint density at radius 3 is 3.00 bits per heavy atom. The van der Waals surface area contributed by atoms with Crippen molar-refractivity contribution in [3.8, 4) is 0 Å². The third kappa shape index (κ3) is 1.87. The van der Waals surface area contributed by atoms with Gasteiger partial charge >= 0.3 is 0 Å². The van der Waals surface area contributed by atoms with Crippen molar-refractivity contribution < 1.29 is 4.79 Å². The predicted octanol–water partition coefficient (Wildman–Crippen LogP) is 2.09. The molecule has 1 unspecified atom stereocenters. The summed E-state index contributed by atoms with van der Waals surface area (Å²) in [5, 5.41) is 1.93. The number of piperidine rings is 1. The molecule has 1 aromatic rings. The number of nitrogens with two attached hydrogens (primary N) is 1. The highest BCUT2D eigenvalue weighted by Gasteiger charge is 2.39. The smallest absolute Gasteiger partial charge is 0.264 e. The molecule has 4 heteroatoms. The van der Waals surface area contributed by atoms with Gasteiger partial charge in [0.2, 0.25) is 0 Å². The largest absolute Gasteiger partial charge is 0.331 e. The van der Waals surface area contributed by atoms with Gasteiger partial charge in [0.1, 0.15) is 0 Å². The van der Waals surface area contributed by atoms with Crippen molar-refractivity contribution in [2.24, 2.45) is 5.73 Å². The minimum atomic E-state index is -0.237. The van der Waals surface area contributed by atoms with E-state index in [2.05, 4.69) is 13.8 Å². The molecule has 1 aromatic heterocycles. The van der Waals surface area contributed by atoms with Gasteiger partial charge in [0, 0.05) is 12.6 Å². The minimum absolute atomic E-state index is 0.0742. The molecular formula is C12H18N2OS. The highest BCUT2D eigenvalue weighted by atomic mass is 32.1. The van der Waals surface area contributed by atoms with E-state index < -0.39 is 0 Å². The number of thiophene rings is 1. The van der Waals surface area contributed by atoms with Gasteiger partial charge in [-0.25, -0.2) is 0 Å². The molecule has 88 valence electrons. The highest BCUT2D eigenvalue weighted by molar-refractivity contribution is 7.12. The summed E-state index contributed by atoms with van der Waals surface area (Å²) in [6, 6.07) is 3.86. The first-order valence-electron chi connectivity index (χ1n) is 5.64. The average Bonchev–Trinajstić information content (AvgIpc) is 2.74. The van der Waals surface area contributed by atoms with Crippen LogP contribution in [-0.2, 0) is 0 Å². The van der Waals surface area contributed by atoms with Gasteiger partial charge in [-0.15, -0.1) is 11.3 Å². The molecule has 0 saturated carbocycles. The maximum atomic E-state index is 12.3. The number of nitrogens with zero attached hydrogens (tertiary/aromatic N) is 1. The fourth-order valence-corrected chi connectivity index (χ4v) is 2.88. The quantitative estimate of drug-likeness (QED) is 0.814. The Hall–Kier alpha value is -0.870. The van der Waals surface area contributed by atoms with E-state index >= 15 is 0 Å². The number of likely N-dealkylation sites (tertiary alicyclic amines) is 1. The first-order chi connectivity index (χ1) is 7.53. The van der Waals surface area contributed by atoms with Crippen LogP contribution in [0.1, 0.15) is 36.4 Å². The van der Waals surface area contributed by atoms with Crippen LogP contribution in [0.25, 0.3) is 0 Å². The standard InChI is InChI=1S/C12H18N2OS/c1-12(2)10(13)6-3-7-14(12)11(15)9-5-4-8-16-9/h4-5,8,10H,3,6-7,13H2,1-2H3. The second kappa shape index (κ2) is 4.18. The number of hydrogen-bond acceptors (Lipinski definition) is 3. The van der Waals surface area contributed by atoms with Gasteiger partial charge in [0.25, 0.3) is 5.91 Å². The summed E-state index contributed by atoms with van der Waals surface area (Å²) in [5.41, 5.74) is 5.87. The lowest BCUT2D eigenvalue weighted by Gasteiger charge is -2.46. The zero-order valence-electron chi connectivity index (χ0n) is 9.77. The van der Waals surface area contributed by atoms with Crippen LogP contribution < -0.4 is 5.73 Å².